The summed E-state index contributed by atoms with van der Waals surface area (Å²) in [6, 6.07) is 6.13. The molecule has 0 bridgehead atoms. The fourth-order valence-electron chi connectivity index (χ4n) is 5.95. The van der Waals surface area contributed by atoms with E-state index in [1.807, 2.05) is 23.5 Å². The van der Waals surface area contributed by atoms with Gasteiger partial charge in [-0.3, -0.25) is 19.2 Å². The number of likely N-dealkylation sites (N-methyl/N-ethyl adjacent to an activating group) is 1. The molecule has 0 radical (unpaired) electrons. The molecule has 4 amide bonds. The number of likely N-dealkylation sites (tertiary alicyclic amines) is 1. The zero-order valence-electron chi connectivity index (χ0n) is 22.2. The Kier molecular flexibility index (Phi) is 7.27. The summed E-state index contributed by atoms with van der Waals surface area (Å²) in [5.41, 5.74) is 0.584. The predicted octanol–water partition coefficient (Wildman–Crippen LogP) is 2.77. The third kappa shape index (κ3) is 5.64. The Morgan fingerprint density at radius 3 is 2.45 bits per heavy atom. The smallest absolute Gasteiger partial charge is 0.336 e. The molecule has 3 fully saturated rings. The van der Waals surface area contributed by atoms with E-state index >= 15 is 0 Å². The number of hydrogen-bond donors (Lipinski definition) is 2. The molecule has 4 aliphatic rings. The monoisotopic (exact) mass is 559 g/mol. The molecule has 2 aliphatic carbocycles. The second-order valence-electron chi connectivity index (χ2n) is 11.7. The summed E-state index contributed by atoms with van der Waals surface area (Å²) >= 11 is 0. The average Bonchev–Trinajstić information content (AvgIpc) is 3.85. The van der Waals surface area contributed by atoms with Crippen LogP contribution < -0.4 is 10.6 Å². The Hall–Kier alpha value is -3.62. The maximum Gasteiger partial charge on any atom is 0.471 e. The van der Waals surface area contributed by atoms with E-state index in [0.29, 0.717) is 18.5 Å². The van der Waals surface area contributed by atoms with Crippen LogP contribution >= 0.6 is 0 Å². The second-order valence-corrected chi connectivity index (χ2v) is 11.7. The summed E-state index contributed by atoms with van der Waals surface area (Å²) in [6.45, 7) is -0.0102. The lowest BCUT2D eigenvalue weighted by Gasteiger charge is -2.36. The first-order valence-electron chi connectivity index (χ1n) is 13.7. The van der Waals surface area contributed by atoms with Crippen LogP contribution in [-0.4, -0.2) is 71.3 Å². The summed E-state index contributed by atoms with van der Waals surface area (Å²) in [6.07, 6.45) is -1.09. The molecule has 9 nitrogen and oxygen atoms in total. The number of para-hydroxylation sites is 1. The first kappa shape index (κ1) is 27.9. The van der Waals surface area contributed by atoms with Gasteiger partial charge in [-0.25, -0.2) is 0 Å². The van der Waals surface area contributed by atoms with Crippen molar-refractivity contribution in [1.29, 1.82) is 5.26 Å². The molecule has 0 unspecified atom stereocenters. The van der Waals surface area contributed by atoms with Crippen LogP contribution in [0.3, 0.4) is 0 Å². The largest absolute Gasteiger partial charge is 0.471 e. The fourth-order valence-corrected chi connectivity index (χ4v) is 5.95. The summed E-state index contributed by atoms with van der Waals surface area (Å²) in [7, 11) is 1.36. The molecule has 1 aromatic rings. The summed E-state index contributed by atoms with van der Waals surface area (Å²) in [5.74, 6) is -3.55. The third-order valence-electron chi connectivity index (χ3n) is 8.62. The minimum atomic E-state index is -5.15. The van der Waals surface area contributed by atoms with Gasteiger partial charge in [0.05, 0.1) is 11.5 Å². The van der Waals surface area contributed by atoms with Gasteiger partial charge in [0.2, 0.25) is 17.7 Å². The van der Waals surface area contributed by atoms with Crippen molar-refractivity contribution >= 4 is 29.3 Å². The number of rotatable bonds is 8. The van der Waals surface area contributed by atoms with Gasteiger partial charge in [-0.05, 0) is 49.1 Å². The lowest BCUT2D eigenvalue weighted by Crippen LogP contribution is -2.57. The third-order valence-corrected chi connectivity index (χ3v) is 8.62. The van der Waals surface area contributed by atoms with E-state index in [1.165, 1.54) is 11.9 Å². The van der Waals surface area contributed by atoms with Gasteiger partial charge in [-0.15, -0.1) is 0 Å². The van der Waals surface area contributed by atoms with Gasteiger partial charge in [-0.1, -0.05) is 43.9 Å². The number of nitrogens with zero attached hydrogens (tertiary/aromatic N) is 3. The van der Waals surface area contributed by atoms with E-state index in [1.54, 1.807) is 6.07 Å². The van der Waals surface area contributed by atoms with E-state index in [9.17, 15) is 37.6 Å². The van der Waals surface area contributed by atoms with Crippen LogP contribution in [0.2, 0.25) is 0 Å². The average molecular weight is 560 g/mol. The van der Waals surface area contributed by atoms with Gasteiger partial charge in [0, 0.05) is 19.3 Å². The highest BCUT2D eigenvalue weighted by atomic mass is 19.4. The van der Waals surface area contributed by atoms with E-state index in [-0.39, 0.29) is 37.1 Å². The van der Waals surface area contributed by atoms with E-state index in [4.69, 9.17) is 0 Å². The highest BCUT2D eigenvalue weighted by molar-refractivity contribution is 6.00. The SMILES string of the molecule is CN(C(=O)[C@H](CC1CC1)NC(=O)C(F)(F)F)[C@H](CC1CC1)C(=O)N1C[C@]2(Cc3ccccc3NC2=O)C[C@H]1C#N. The van der Waals surface area contributed by atoms with Crippen LogP contribution in [0.4, 0.5) is 18.9 Å². The van der Waals surface area contributed by atoms with Crippen molar-refractivity contribution in [3.05, 3.63) is 29.8 Å². The molecule has 12 heteroatoms. The van der Waals surface area contributed by atoms with E-state index in [0.717, 1.165) is 36.1 Å². The van der Waals surface area contributed by atoms with Gasteiger partial charge in [-0.2, -0.15) is 18.4 Å². The number of amides is 4. The second kappa shape index (κ2) is 10.4. The first-order valence-corrected chi connectivity index (χ1v) is 13.7. The zero-order chi connectivity index (χ0) is 28.8. The number of nitriles is 1. The van der Waals surface area contributed by atoms with Gasteiger partial charge in [0.15, 0.2) is 0 Å². The number of benzene rings is 1. The van der Waals surface area contributed by atoms with Crippen molar-refractivity contribution in [3.63, 3.8) is 0 Å². The lowest BCUT2D eigenvalue weighted by molar-refractivity contribution is -0.175. The lowest BCUT2D eigenvalue weighted by atomic mass is 9.76. The Bertz CT molecular complexity index is 1260. The molecular weight excluding hydrogens is 527 g/mol. The molecule has 2 N–H and O–H groups in total. The van der Waals surface area contributed by atoms with Crippen molar-refractivity contribution in [2.45, 2.75) is 75.7 Å². The number of halogens is 3. The minimum absolute atomic E-state index is 0.0102. The van der Waals surface area contributed by atoms with Gasteiger partial charge in [0.25, 0.3) is 0 Å². The van der Waals surface area contributed by atoms with Crippen LogP contribution in [0.25, 0.3) is 0 Å². The van der Waals surface area contributed by atoms with Crippen molar-refractivity contribution in [3.8, 4) is 6.07 Å². The molecule has 2 heterocycles. The van der Waals surface area contributed by atoms with Gasteiger partial charge >= 0.3 is 12.1 Å². The quantitative estimate of drug-likeness (QED) is 0.507. The zero-order valence-corrected chi connectivity index (χ0v) is 22.2. The summed E-state index contributed by atoms with van der Waals surface area (Å²) in [5, 5.41) is 14.7. The van der Waals surface area contributed by atoms with Crippen LogP contribution in [0.5, 0.6) is 0 Å². The Morgan fingerprint density at radius 2 is 1.82 bits per heavy atom. The van der Waals surface area contributed by atoms with Crippen molar-refractivity contribution in [2.24, 2.45) is 17.3 Å². The topological polar surface area (TPSA) is 123 Å². The number of anilines is 1. The maximum atomic E-state index is 14.0. The number of carbonyl (C=O) groups is 4. The van der Waals surface area contributed by atoms with E-state index in [2.05, 4.69) is 11.4 Å². The highest BCUT2D eigenvalue weighted by Crippen LogP contribution is 2.44. The Labute approximate surface area is 230 Å². The molecule has 214 valence electrons. The summed E-state index contributed by atoms with van der Waals surface area (Å²) in [4.78, 5) is 55.0. The standard InChI is InChI=1S/C28H32F3N5O4/c1-35(23(37)21(10-16-6-7-16)34-26(40)28(29,30)31)22(11-17-8-9-17)24(38)36-15-27(13-19(36)14-32)12-18-4-2-3-5-20(18)33-25(27)39/h2-5,16-17,19,21-22H,6-13,15H2,1H3,(H,33,39)(H,34,40)/t19-,21-,22+,27-/m0/s1. The number of fused-ring (bicyclic) bond motifs is 1. The fraction of sp³-hybridized carbons (Fsp3) is 0.607. The van der Waals surface area contributed by atoms with Crippen LogP contribution in [0.1, 0.15) is 50.5 Å². The molecule has 1 spiro atoms. The number of nitrogens with one attached hydrogen (secondary N) is 2. The molecule has 5 rings (SSSR count). The minimum Gasteiger partial charge on any atom is -0.336 e. The van der Waals surface area contributed by atoms with Crippen molar-refractivity contribution < 1.29 is 32.3 Å². The van der Waals surface area contributed by atoms with Crippen LogP contribution in [0.15, 0.2) is 24.3 Å². The first-order chi connectivity index (χ1) is 18.9. The number of alkyl halides is 3. The number of carbonyl (C=O) groups excluding carboxylic acids is 4. The molecule has 40 heavy (non-hydrogen) atoms. The van der Waals surface area contributed by atoms with Gasteiger partial charge in [0.1, 0.15) is 18.1 Å². The molecule has 2 aliphatic heterocycles. The molecule has 0 aromatic heterocycles. The maximum absolute atomic E-state index is 14.0. The summed E-state index contributed by atoms with van der Waals surface area (Å²) < 4.78 is 39.1. The number of hydrogen-bond acceptors (Lipinski definition) is 5. The highest BCUT2D eigenvalue weighted by Gasteiger charge is 2.54. The Morgan fingerprint density at radius 1 is 1.18 bits per heavy atom. The van der Waals surface area contributed by atoms with Crippen LogP contribution in [0, 0.1) is 28.6 Å². The molecule has 1 aromatic carbocycles. The van der Waals surface area contributed by atoms with Crippen molar-refractivity contribution in [2.75, 3.05) is 18.9 Å². The molecule has 4 atom stereocenters. The molecule has 1 saturated heterocycles. The predicted molar refractivity (Wildman–Crippen MR) is 136 cm³/mol. The normalized spacial score (nSPS) is 25.4. The van der Waals surface area contributed by atoms with E-state index < -0.39 is 47.4 Å². The van der Waals surface area contributed by atoms with Gasteiger partial charge < -0.3 is 20.4 Å². The molecule has 2 saturated carbocycles. The Balaban J connectivity index is 1.37. The van der Waals surface area contributed by atoms with Crippen LogP contribution in [-0.2, 0) is 25.6 Å². The van der Waals surface area contributed by atoms with Crippen molar-refractivity contribution in [1.82, 2.24) is 15.1 Å². The molecular formula is C28H32F3N5O4.